The topological polar surface area (TPSA) is 54.0 Å². The molecule has 0 aromatic heterocycles. The van der Waals surface area contributed by atoms with E-state index in [1.165, 1.54) is 0 Å². The SMILES string of the molecule is C=C1C(=O)O[C@@H]2OC3(C)CCC4C(C)CCC1C42OO3. The summed E-state index contributed by atoms with van der Waals surface area (Å²) in [5, 5.41) is 0. The Morgan fingerprint density at radius 2 is 2.05 bits per heavy atom. The van der Waals surface area contributed by atoms with Gasteiger partial charge in [0.15, 0.2) is 5.60 Å². The van der Waals surface area contributed by atoms with E-state index in [1.807, 2.05) is 6.92 Å². The molecule has 5 heteroatoms. The number of rotatable bonds is 0. The molecule has 0 radical (unpaired) electrons. The Balaban J connectivity index is 1.86. The zero-order valence-electron chi connectivity index (χ0n) is 11.9. The number of hydrogen-bond acceptors (Lipinski definition) is 5. The molecule has 20 heavy (non-hydrogen) atoms. The van der Waals surface area contributed by atoms with Crippen LogP contribution in [0.4, 0.5) is 0 Å². The molecule has 1 spiro atoms. The molecule has 0 aromatic rings. The van der Waals surface area contributed by atoms with E-state index in [0.717, 1.165) is 25.7 Å². The summed E-state index contributed by atoms with van der Waals surface area (Å²) in [5.41, 5.74) is -0.213. The molecular weight excluding hydrogens is 260 g/mol. The number of carbonyl (C=O) groups excluding carboxylic acids is 1. The van der Waals surface area contributed by atoms with E-state index in [0.29, 0.717) is 11.5 Å². The summed E-state index contributed by atoms with van der Waals surface area (Å²) in [7, 11) is 0. The van der Waals surface area contributed by atoms with E-state index in [4.69, 9.17) is 19.2 Å². The Morgan fingerprint density at radius 3 is 2.85 bits per heavy atom. The van der Waals surface area contributed by atoms with Crippen LogP contribution in [0.15, 0.2) is 12.2 Å². The molecule has 4 aliphatic heterocycles. The summed E-state index contributed by atoms with van der Waals surface area (Å²) in [6, 6.07) is 0. The molecule has 4 heterocycles. The standard InChI is InChI=1S/C15H20O5/c1-8-4-5-11-9(2)12(16)17-13-15(11)10(8)6-7-14(3,18-13)19-20-15/h8,10-11,13H,2,4-7H2,1,3H3/t8?,10?,11?,13-,14?,15?/m1/s1. The molecule has 0 amide bonds. The largest absolute Gasteiger partial charge is 0.429 e. The summed E-state index contributed by atoms with van der Waals surface area (Å²) in [5.74, 6) is -0.501. The molecule has 5 rings (SSSR count). The van der Waals surface area contributed by atoms with Gasteiger partial charge in [-0.05, 0) is 32.1 Å². The van der Waals surface area contributed by atoms with Crippen LogP contribution in [0.25, 0.3) is 0 Å². The van der Waals surface area contributed by atoms with Crippen LogP contribution in [0.3, 0.4) is 0 Å². The lowest BCUT2D eigenvalue weighted by Gasteiger charge is -2.56. The molecule has 5 aliphatic rings. The molecule has 5 fully saturated rings. The maximum absolute atomic E-state index is 12.0. The highest BCUT2D eigenvalue weighted by Crippen LogP contribution is 2.59. The van der Waals surface area contributed by atoms with Crippen LogP contribution in [-0.2, 0) is 24.0 Å². The van der Waals surface area contributed by atoms with E-state index in [9.17, 15) is 4.79 Å². The molecule has 4 saturated heterocycles. The van der Waals surface area contributed by atoms with Crippen LogP contribution in [0, 0.1) is 17.8 Å². The molecule has 0 N–H and O–H groups in total. The monoisotopic (exact) mass is 280 g/mol. The maximum atomic E-state index is 12.0. The van der Waals surface area contributed by atoms with Crippen molar-refractivity contribution < 1.29 is 24.0 Å². The van der Waals surface area contributed by atoms with Crippen molar-refractivity contribution in [3.05, 3.63) is 12.2 Å². The number of carbonyl (C=O) groups is 1. The van der Waals surface area contributed by atoms with Crippen LogP contribution in [0.1, 0.15) is 39.5 Å². The number of esters is 1. The number of fused-ring (bicyclic) bond motifs is 2. The highest BCUT2D eigenvalue weighted by Gasteiger charge is 2.69. The lowest BCUT2D eigenvalue weighted by atomic mass is 9.59. The Hall–Kier alpha value is -0.910. The van der Waals surface area contributed by atoms with Gasteiger partial charge in [0, 0.05) is 23.8 Å². The molecule has 1 saturated carbocycles. The van der Waals surface area contributed by atoms with E-state index in [-0.39, 0.29) is 17.8 Å². The average molecular weight is 280 g/mol. The second-order valence-corrected chi connectivity index (χ2v) is 6.79. The van der Waals surface area contributed by atoms with Gasteiger partial charge in [0.1, 0.15) is 0 Å². The van der Waals surface area contributed by atoms with Gasteiger partial charge in [-0.3, -0.25) is 0 Å². The molecule has 5 unspecified atom stereocenters. The van der Waals surface area contributed by atoms with Crippen LogP contribution < -0.4 is 0 Å². The van der Waals surface area contributed by atoms with E-state index >= 15 is 0 Å². The van der Waals surface area contributed by atoms with Crippen molar-refractivity contribution >= 4 is 5.97 Å². The first-order valence-corrected chi connectivity index (χ1v) is 7.41. The van der Waals surface area contributed by atoms with E-state index in [2.05, 4.69) is 13.5 Å². The summed E-state index contributed by atoms with van der Waals surface area (Å²) in [6.07, 6.45) is 2.95. The molecule has 1 aliphatic carbocycles. The van der Waals surface area contributed by atoms with Gasteiger partial charge in [-0.1, -0.05) is 13.5 Å². The first-order chi connectivity index (χ1) is 9.46. The van der Waals surface area contributed by atoms with Gasteiger partial charge in [0.25, 0.3) is 0 Å². The molecule has 110 valence electrons. The molecule has 5 nitrogen and oxygen atoms in total. The fourth-order valence-electron chi connectivity index (χ4n) is 4.46. The van der Waals surface area contributed by atoms with Crippen molar-refractivity contribution in [3.63, 3.8) is 0 Å². The second kappa shape index (κ2) is 3.84. The third-order valence-corrected chi connectivity index (χ3v) is 5.62. The van der Waals surface area contributed by atoms with Gasteiger partial charge in [0.2, 0.25) is 12.1 Å². The molecule has 0 aromatic carbocycles. The van der Waals surface area contributed by atoms with Crippen LogP contribution >= 0.6 is 0 Å². The van der Waals surface area contributed by atoms with Crippen LogP contribution in [0.5, 0.6) is 0 Å². The summed E-state index contributed by atoms with van der Waals surface area (Å²) < 4.78 is 11.5. The van der Waals surface area contributed by atoms with E-state index < -0.39 is 17.7 Å². The first-order valence-electron chi connectivity index (χ1n) is 7.41. The average Bonchev–Trinajstić information content (AvgIpc) is 2.63. The molecular formula is C15H20O5. The highest BCUT2D eigenvalue weighted by atomic mass is 17.3. The fourth-order valence-corrected chi connectivity index (χ4v) is 4.46. The van der Waals surface area contributed by atoms with Crippen molar-refractivity contribution in [1.82, 2.24) is 0 Å². The minimum Gasteiger partial charge on any atom is -0.429 e. The van der Waals surface area contributed by atoms with Crippen LogP contribution in [0.2, 0.25) is 0 Å². The smallest absolute Gasteiger partial charge is 0.336 e. The van der Waals surface area contributed by atoms with Crippen molar-refractivity contribution in [2.24, 2.45) is 17.8 Å². The Labute approximate surface area is 118 Å². The molecule has 6 atom stereocenters. The number of ether oxygens (including phenoxy) is 2. The lowest BCUT2D eigenvalue weighted by Crippen LogP contribution is -2.68. The van der Waals surface area contributed by atoms with Crippen molar-refractivity contribution in [1.29, 1.82) is 0 Å². The van der Waals surface area contributed by atoms with Crippen molar-refractivity contribution in [3.8, 4) is 0 Å². The summed E-state index contributed by atoms with van der Waals surface area (Å²) in [6.45, 7) is 8.00. The number of hydrogen-bond donors (Lipinski definition) is 0. The minimum absolute atomic E-state index is 0.0717. The normalized spacial score (nSPS) is 54.1. The van der Waals surface area contributed by atoms with Crippen LogP contribution in [-0.4, -0.2) is 23.6 Å². The quantitative estimate of drug-likeness (QED) is 0.387. The lowest BCUT2D eigenvalue weighted by molar-refractivity contribution is -0.554. The maximum Gasteiger partial charge on any atom is 0.336 e. The van der Waals surface area contributed by atoms with Gasteiger partial charge in [-0.15, -0.1) is 0 Å². The Kier molecular flexibility index (Phi) is 2.46. The predicted molar refractivity (Wildman–Crippen MR) is 68.0 cm³/mol. The van der Waals surface area contributed by atoms with Gasteiger partial charge < -0.3 is 9.47 Å². The third kappa shape index (κ3) is 1.41. The fraction of sp³-hybridized carbons (Fsp3) is 0.800. The minimum atomic E-state index is -0.823. The third-order valence-electron chi connectivity index (χ3n) is 5.62. The van der Waals surface area contributed by atoms with Gasteiger partial charge >= 0.3 is 5.97 Å². The first kappa shape index (κ1) is 12.8. The molecule has 2 bridgehead atoms. The Bertz CT molecular complexity index is 489. The van der Waals surface area contributed by atoms with Gasteiger partial charge in [0.05, 0.1) is 0 Å². The zero-order chi connectivity index (χ0) is 14.1. The second-order valence-electron chi connectivity index (χ2n) is 6.79. The summed E-state index contributed by atoms with van der Waals surface area (Å²) in [4.78, 5) is 23.5. The van der Waals surface area contributed by atoms with Crippen molar-refractivity contribution in [2.45, 2.75) is 57.2 Å². The highest BCUT2D eigenvalue weighted by molar-refractivity contribution is 5.89. The van der Waals surface area contributed by atoms with Gasteiger partial charge in [-0.2, -0.15) is 0 Å². The van der Waals surface area contributed by atoms with Gasteiger partial charge in [-0.25, -0.2) is 14.6 Å². The summed E-state index contributed by atoms with van der Waals surface area (Å²) >= 11 is 0. The predicted octanol–water partition coefficient (Wildman–Crippen LogP) is 2.32. The van der Waals surface area contributed by atoms with Crippen molar-refractivity contribution in [2.75, 3.05) is 0 Å². The Morgan fingerprint density at radius 1 is 1.25 bits per heavy atom. The van der Waals surface area contributed by atoms with E-state index in [1.54, 1.807) is 0 Å². The zero-order valence-corrected chi connectivity index (χ0v) is 11.9.